The van der Waals surface area contributed by atoms with E-state index >= 15 is 0 Å². The van der Waals surface area contributed by atoms with E-state index in [1.807, 2.05) is 48.5 Å². The van der Waals surface area contributed by atoms with E-state index in [1.54, 1.807) is 6.21 Å². The van der Waals surface area contributed by atoms with Crippen LogP contribution in [0.25, 0.3) is 0 Å². The lowest BCUT2D eigenvalue weighted by Gasteiger charge is -2.06. The molecule has 0 aromatic heterocycles. The molecule has 0 aliphatic carbocycles. The fourth-order valence-electron chi connectivity index (χ4n) is 1.97. The molecule has 0 bridgehead atoms. The van der Waals surface area contributed by atoms with Crippen molar-refractivity contribution < 1.29 is 9.59 Å². The summed E-state index contributed by atoms with van der Waals surface area (Å²) in [7, 11) is 0. The minimum absolute atomic E-state index is 0.127. The normalized spacial score (nSPS) is 10.6. The Hall–Kier alpha value is -1.99. The highest BCUT2D eigenvalue weighted by molar-refractivity contribution is 9.10. The fourth-order valence-corrected chi connectivity index (χ4v) is 2.62. The zero-order valence-corrected chi connectivity index (χ0v) is 16.5. The summed E-state index contributed by atoms with van der Waals surface area (Å²) >= 11 is 6.72. The minimum atomic E-state index is -0.220. The summed E-state index contributed by atoms with van der Waals surface area (Å²) in [5.41, 5.74) is 4.06. The van der Waals surface area contributed by atoms with E-state index in [2.05, 4.69) is 47.7 Å². The maximum Gasteiger partial charge on any atom is 0.240 e. The molecule has 25 heavy (non-hydrogen) atoms. The van der Waals surface area contributed by atoms with E-state index in [-0.39, 0.29) is 24.7 Å². The number of nitrogens with one attached hydrogen (secondary N) is 2. The highest BCUT2D eigenvalue weighted by atomic mass is 79.9. The first-order valence-corrected chi connectivity index (χ1v) is 9.25. The van der Waals surface area contributed by atoms with Crippen LogP contribution in [0.3, 0.4) is 0 Å². The second-order valence-electron chi connectivity index (χ2n) is 5.23. The molecule has 0 heterocycles. The van der Waals surface area contributed by atoms with Crippen molar-refractivity contribution in [2.75, 3.05) is 5.32 Å². The van der Waals surface area contributed by atoms with Gasteiger partial charge in [0.2, 0.25) is 11.8 Å². The number of para-hydroxylation sites is 1. The van der Waals surface area contributed by atoms with Crippen molar-refractivity contribution in [1.82, 2.24) is 5.43 Å². The van der Waals surface area contributed by atoms with Crippen LogP contribution in [0.1, 0.15) is 24.8 Å². The van der Waals surface area contributed by atoms with Crippen LogP contribution < -0.4 is 10.7 Å². The lowest BCUT2D eigenvalue weighted by molar-refractivity contribution is -0.121. The van der Waals surface area contributed by atoms with E-state index in [1.165, 1.54) is 0 Å². The minimum Gasteiger partial charge on any atom is -0.325 e. The average Bonchev–Trinajstić information content (AvgIpc) is 2.59. The summed E-state index contributed by atoms with van der Waals surface area (Å²) in [6.07, 6.45) is 2.53. The number of hydrogen-bond acceptors (Lipinski definition) is 3. The Bertz CT molecular complexity index is 761. The van der Waals surface area contributed by atoms with Crippen molar-refractivity contribution in [3.63, 3.8) is 0 Å². The van der Waals surface area contributed by atoms with Crippen LogP contribution in [-0.2, 0) is 9.59 Å². The molecule has 0 saturated carbocycles. The number of benzene rings is 2. The van der Waals surface area contributed by atoms with E-state index in [0.29, 0.717) is 6.42 Å². The SMILES string of the molecule is O=C(CCCC(=O)Nc1ccccc1Br)N/N=C\c1ccc(Br)cc1. The van der Waals surface area contributed by atoms with Gasteiger partial charge in [0.1, 0.15) is 0 Å². The summed E-state index contributed by atoms with van der Waals surface area (Å²) < 4.78 is 1.80. The van der Waals surface area contributed by atoms with E-state index in [4.69, 9.17) is 0 Å². The maximum absolute atomic E-state index is 11.9. The van der Waals surface area contributed by atoms with E-state index < -0.39 is 0 Å². The van der Waals surface area contributed by atoms with Gasteiger partial charge in [0, 0.05) is 21.8 Å². The Balaban J connectivity index is 1.67. The van der Waals surface area contributed by atoms with Gasteiger partial charge in [0.15, 0.2) is 0 Å². The monoisotopic (exact) mass is 465 g/mol. The topological polar surface area (TPSA) is 70.6 Å². The predicted molar refractivity (Wildman–Crippen MR) is 107 cm³/mol. The van der Waals surface area contributed by atoms with Crippen molar-refractivity contribution in [3.8, 4) is 0 Å². The largest absolute Gasteiger partial charge is 0.325 e. The molecule has 0 unspecified atom stereocenters. The summed E-state index contributed by atoms with van der Waals surface area (Å²) in [5.74, 6) is -0.347. The molecule has 2 N–H and O–H groups in total. The third-order valence-corrected chi connectivity index (χ3v) is 4.45. The van der Waals surface area contributed by atoms with Gasteiger partial charge in [-0.2, -0.15) is 5.10 Å². The molecule has 2 rings (SSSR count). The number of rotatable bonds is 7. The van der Waals surface area contributed by atoms with Crippen molar-refractivity contribution >= 4 is 55.6 Å². The number of carbonyl (C=O) groups excluding carboxylic acids is 2. The third-order valence-electron chi connectivity index (χ3n) is 3.23. The summed E-state index contributed by atoms with van der Waals surface area (Å²) in [6.45, 7) is 0. The molecule has 0 saturated heterocycles. The third kappa shape index (κ3) is 7.19. The zero-order valence-electron chi connectivity index (χ0n) is 13.3. The molecule has 0 aliphatic heterocycles. The van der Waals surface area contributed by atoms with Crippen LogP contribution in [0.15, 0.2) is 62.6 Å². The van der Waals surface area contributed by atoms with Crippen LogP contribution in [0.4, 0.5) is 5.69 Å². The van der Waals surface area contributed by atoms with Gasteiger partial charge in [-0.3, -0.25) is 9.59 Å². The molecule has 2 aromatic carbocycles. The van der Waals surface area contributed by atoms with Crippen molar-refractivity contribution in [1.29, 1.82) is 0 Å². The van der Waals surface area contributed by atoms with Crippen LogP contribution in [0.2, 0.25) is 0 Å². The molecule has 0 radical (unpaired) electrons. The van der Waals surface area contributed by atoms with Gasteiger partial charge in [-0.05, 0) is 52.2 Å². The molecule has 2 aromatic rings. The second kappa shape index (κ2) is 10.1. The smallest absolute Gasteiger partial charge is 0.240 e. The number of hydrogen-bond donors (Lipinski definition) is 2. The predicted octanol–water partition coefficient (Wildman–Crippen LogP) is 4.47. The van der Waals surface area contributed by atoms with Gasteiger partial charge in [0.05, 0.1) is 11.9 Å². The number of hydrazone groups is 1. The lowest BCUT2D eigenvalue weighted by Crippen LogP contribution is -2.18. The van der Waals surface area contributed by atoms with Crippen LogP contribution in [-0.4, -0.2) is 18.0 Å². The van der Waals surface area contributed by atoms with Crippen LogP contribution in [0, 0.1) is 0 Å². The summed E-state index contributed by atoms with van der Waals surface area (Å²) in [4.78, 5) is 23.6. The van der Waals surface area contributed by atoms with Crippen LogP contribution >= 0.6 is 31.9 Å². The first kappa shape index (κ1) is 19.3. The Morgan fingerprint density at radius 1 is 0.960 bits per heavy atom. The Morgan fingerprint density at radius 3 is 2.36 bits per heavy atom. The molecule has 0 spiro atoms. The zero-order chi connectivity index (χ0) is 18.1. The molecule has 5 nitrogen and oxygen atoms in total. The van der Waals surface area contributed by atoms with Crippen molar-refractivity contribution in [2.24, 2.45) is 5.10 Å². The average molecular weight is 467 g/mol. The van der Waals surface area contributed by atoms with Crippen molar-refractivity contribution in [2.45, 2.75) is 19.3 Å². The van der Waals surface area contributed by atoms with Gasteiger partial charge in [-0.1, -0.05) is 40.2 Å². The number of anilines is 1. The molecule has 7 heteroatoms. The molecule has 2 amide bonds. The number of carbonyl (C=O) groups is 2. The Morgan fingerprint density at radius 2 is 1.64 bits per heavy atom. The van der Waals surface area contributed by atoms with E-state index in [0.717, 1.165) is 20.2 Å². The fraction of sp³-hybridized carbons (Fsp3) is 0.167. The first-order valence-electron chi connectivity index (χ1n) is 7.66. The summed E-state index contributed by atoms with van der Waals surface area (Å²) in [6, 6.07) is 14.9. The molecule has 0 fully saturated rings. The summed E-state index contributed by atoms with van der Waals surface area (Å²) in [5, 5.41) is 6.70. The van der Waals surface area contributed by atoms with Gasteiger partial charge in [-0.25, -0.2) is 5.43 Å². The molecule has 0 atom stereocenters. The molecular weight excluding hydrogens is 450 g/mol. The van der Waals surface area contributed by atoms with E-state index in [9.17, 15) is 9.59 Å². The lowest BCUT2D eigenvalue weighted by atomic mass is 10.2. The molecule has 0 aliphatic rings. The van der Waals surface area contributed by atoms with Crippen LogP contribution in [0.5, 0.6) is 0 Å². The standard InChI is InChI=1S/C18H17Br2N3O2/c19-14-10-8-13(9-11-14)12-21-23-18(25)7-3-6-17(24)22-16-5-2-1-4-15(16)20/h1-2,4-5,8-12H,3,6-7H2,(H,22,24)(H,23,25)/b21-12-. The quantitative estimate of drug-likeness (QED) is 0.466. The second-order valence-corrected chi connectivity index (χ2v) is 7.00. The van der Waals surface area contributed by atoms with Gasteiger partial charge < -0.3 is 5.32 Å². The Labute approximate surface area is 163 Å². The maximum atomic E-state index is 11.9. The molecular formula is C18H17Br2N3O2. The Kier molecular flexibility index (Phi) is 7.81. The number of halogens is 2. The first-order chi connectivity index (χ1) is 12.0. The van der Waals surface area contributed by atoms with Gasteiger partial charge >= 0.3 is 0 Å². The number of amides is 2. The van der Waals surface area contributed by atoms with Gasteiger partial charge in [0.25, 0.3) is 0 Å². The van der Waals surface area contributed by atoms with Gasteiger partial charge in [-0.15, -0.1) is 0 Å². The highest BCUT2D eigenvalue weighted by Gasteiger charge is 2.06. The number of nitrogens with zero attached hydrogens (tertiary/aromatic N) is 1. The highest BCUT2D eigenvalue weighted by Crippen LogP contribution is 2.21. The van der Waals surface area contributed by atoms with Crippen molar-refractivity contribution in [3.05, 3.63) is 63.0 Å². The molecule has 130 valence electrons.